The normalized spacial score (nSPS) is 24.9. The maximum absolute atomic E-state index is 12.4. The summed E-state index contributed by atoms with van der Waals surface area (Å²) in [4.78, 5) is 29.1. The molecule has 0 radical (unpaired) electrons. The Morgan fingerprint density at radius 3 is 2.83 bits per heavy atom. The van der Waals surface area contributed by atoms with Crippen molar-refractivity contribution in [2.24, 2.45) is 12.5 Å². The smallest absolute Gasteiger partial charge is 0.227 e. The standard InChI is InChI=1S/C16H20N6O/c1-20-5-3-19-14(20)9-21-4-2-16(10-21)6-15(23)22(11-16)13-7-17-12-18-8-13/h3,5,7-8,12H,2,4,6,9-11H2,1H3/t16-/m1/s1. The van der Waals surface area contributed by atoms with E-state index in [-0.39, 0.29) is 11.3 Å². The number of hydrogen-bond acceptors (Lipinski definition) is 5. The minimum atomic E-state index is 0.0537. The van der Waals surface area contributed by atoms with E-state index in [1.54, 1.807) is 12.4 Å². The summed E-state index contributed by atoms with van der Waals surface area (Å²) in [6, 6.07) is 0. The Balaban J connectivity index is 1.46. The van der Waals surface area contributed by atoms with Gasteiger partial charge in [-0.15, -0.1) is 0 Å². The molecule has 0 N–H and O–H groups in total. The Kier molecular flexibility index (Phi) is 3.37. The van der Waals surface area contributed by atoms with Crippen molar-refractivity contribution in [2.45, 2.75) is 19.4 Å². The first-order valence-electron chi connectivity index (χ1n) is 7.89. The van der Waals surface area contributed by atoms with Crippen molar-refractivity contribution < 1.29 is 4.79 Å². The Labute approximate surface area is 135 Å². The van der Waals surface area contributed by atoms with Crippen LogP contribution < -0.4 is 4.90 Å². The minimum absolute atomic E-state index is 0.0537. The molecule has 7 heteroatoms. The van der Waals surface area contributed by atoms with Crippen LogP contribution in [0.5, 0.6) is 0 Å². The number of hydrogen-bond donors (Lipinski definition) is 0. The van der Waals surface area contributed by atoms with Crippen LogP contribution in [-0.4, -0.2) is 50.0 Å². The second-order valence-corrected chi connectivity index (χ2v) is 6.67. The monoisotopic (exact) mass is 312 g/mol. The molecule has 2 aliphatic rings. The summed E-state index contributed by atoms with van der Waals surface area (Å²) in [6.45, 7) is 3.55. The molecule has 2 aromatic heterocycles. The lowest BCUT2D eigenvalue weighted by molar-refractivity contribution is -0.117. The fourth-order valence-electron chi connectivity index (χ4n) is 3.75. The molecule has 2 fully saturated rings. The van der Waals surface area contributed by atoms with Crippen molar-refractivity contribution in [3.05, 3.63) is 36.9 Å². The Morgan fingerprint density at radius 1 is 1.26 bits per heavy atom. The third-order valence-electron chi connectivity index (χ3n) is 4.98. The van der Waals surface area contributed by atoms with Crippen LogP contribution in [0.25, 0.3) is 0 Å². The minimum Gasteiger partial charge on any atom is -0.337 e. The van der Waals surface area contributed by atoms with Crippen molar-refractivity contribution in [2.75, 3.05) is 24.5 Å². The lowest BCUT2D eigenvalue weighted by Gasteiger charge is -2.24. The molecule has 120 valence electrons. The van der Waals surface area contributed by atoms with Gasteiger partial charge in [0.05, 0.1) is 24.6 Å². The number of aromatic nitrogens is 4. The number of imidazole rings is 1. The van der Waals surface area contributed by atoms with Gasteiger partial charge >= 0.3 is 0 Å². The zero-order chi connectivity index (χ0) is 15.9. The van der Waals surface area contributed by atoms with Crippen LogP contribution in [0.1, 0.15) is 18.7 Å². The predicted octanol–water partition coefficient (Wildman–Crippen LogP) is 0.839. The van der Waals surface area contributed by atoms with Crippen LogP contribution >= 0.6 is 0 Å². The van der Waals surface area contributed by atoms with Crippen molar-refractivity contribution >= 4 is 11.6 Å². The molecule has 2 saturated heterocycles. The van der Waals surface area contributed by atoms with Gasteiger partial charge in [0.15, 0.2) is 0 Å². The summed E-state index contributed by atoms with van der Waals surface area (Å²) in [6.07, 6.45) is 10.4. The molecular formula is C16H20N6O. The molecule has 0 saturated carbocycles. The number of rotatable bonds is 3. The van der Waals surface area contributed by atoms with Crippen molar-refractivity contribution in [3.8, 4) is 0 Å². The van der Waals surface area contributed by atoms with Gasteiger partial charge in [-0.2, -0.15) is 0 Å². The summed E-state index contributed by atoms with van der Waals surface area (Å²) < 4.78 is 2.05. The van der Waals surface area contributed by atoms with Crippen molar-refractivity contribution in [3.63, 3.8) is 0 Å². The summed E-state index contributed by atoms with van der Waals surface area (Å²) in [7, 11) is 2.02. The molecule has 23 heavy (non-hydrogen) atoms. The highest BCUT2D eigenvalue weighted by atomic mass is 16.2. The molecule has 2 aromatic rings. The van der Waals surface area contributed by atoms with Crippen LogP contribution in [0, 0.1) is 5.41 Å². The van der Waals surface area contributed by atoms with Crippen molar-refractivity contribution in [1.29, 1.82) is 0 Å². The molecule has 0 aliphatic carbocycles. The summed E-state index contributed by atoms with van der Waals surface area (Å²) >= 11 is 0. The van der Waals surface area contributed by atoms with E-state index in [1.807, 2.05) is 24.3 Å². The maximum atomic E-state index is 12.4. The quantitative estimate of drug-likeness (QED) is 0.840. The summed E-state index contributed by atoms with van der Waals surface area (Å²) in [5.74, 6) is 1.25. The predicted molar refractivity (Wildman–Crippen MR) is 84.5 cm³/mol. The van der Waals surface area contributed by atoms with E-state index in [1.165, 1.54) is 6.33 Å². The molecule has 1 amide bonds. The molecule has 0 unspecified atom stereocenters. The second-order valence-electron chi connectivity index (χ2n) is 6.67. The van der Waals surface area contributed by atoms with Crippen LogP contribution in [0.2, 0.25) is 0 Å². The topological polar surface area (TPSA) is 67.2 Å². The van der Waals surface area contributed by atoms with E-state index in [0.717, 1.165) is 44.1 Å². The maximum Gasteiger partial charge on any atom is 0.227 e. The van der Waals surface area contributed by atoms with Gasteiger partial charge in [-0.3, -0.25) is 9.69 Å². The van der Waals surface area contributed by atoms with Gasteiger partial charge < -0.3 is 9.47 Å². The van der Waals surface area contributed by atoms with Crippen LogP contribution in [0.3, 0.4) is 0 Å². The molecule has 0 bridgehead atoms. The molecule has 4 heterocycles. The third-order valence-corrected chi connectivity index (χ3v) is 4.98. The average Bonchev–Trinajstić information content (AvgIpc) is 3.22. The first kappa shape index (κ1) is 14.3. The van der Waals surface area contributed by atoms with Gasteiger partial charge in [-0.25, -0.2) is 15.0 Å². The van der Waals surface area contributed by atoms with Gasteiger partial charge in [0.1, 0.15) is 12.2 Å². The van der Waals surface area contributed by atoms with E-state index in [0.29, 0.717) is 6.42 Å². The Morgan fingerprint density at radius 2 is 2.09 bits per heavy atom. The summed E-state index contributed by atoms with van der Waals surface area (Å²) in [5.41, 5.74) is 0.856. The SMILES string of the molecule is Cn1ccnc1CN1CC[C@@]2(CC(=O)N(c3cncnc3)C2)C1. The molecular weight excluding hydrogens is 292 g/mol. The number of aryl methyl sites for hydroxylation is 1. The molecule has 0 aromatic carbocycles. The number of carbonyl (C=O) groups excluding carboxylic acids is 1. The second kappa shape index (κ2) is 5.42. The fraction of sp³-hybridized carbons (Fsp3) is 0.500. The van der Waals surface area contributed by atoms with E-state index >= 15 is 0 Å². The zero-order valence-corrected chi connectivity index (χ0v) is 13.2. The highest BCUT2D eigenvalue weighted by Crippen LogP contribution is 2.41. The average molecular weight is 312 g/mol. The van der Waals surface area contributed by atoms with Gasteiger partial charge in [0.2, 0.25) is 5.91 Å². The van der Waals surface area contributed by atoms with E-state index in [9.17, 15) is 4.79 Å². The lowest BCUT2D eigenvalue weighted by Crippen LogP contribution is -2.31. The highest BCUT2D eigenvalue weighted by molar-refractivity contribution is 5.96. The van der Waals surface area contributed by atoms with E-state index in [4.69, 9.17) is 0 Å². The zero-order valence-electron chi connectivity index (χ0n) is 13.2. The molecule has 1 spiro atoms. The fourth-order valence-corrected chi connectivity index (χ4v) is 3.75. The van der Waals surface area contributed by atoms with Gasteiger partial charge in [-0.1, -0.05) is 0 Å². The number of amides is 1. The Bertz CT molecular complexity index is 714. The first-order chi connectivity index (χ1) is 11.2. The number of anilines is 1. The molecule has 7 nitrogen and oxygen atoms in total. The largest absolute Gasteiger partial charge is 0.337 e. The first-order valence-corrected chi connectivity index (χ1v) is 7.89. The van der Waals surface area contributed by atoms with Gasteiger partial charge in [0, 0.05) is 44.4 Å². The Hall–Kier alpha value is -2.28. The number of nitrogens with zero attached hydrogens (tertiary/aromatic N) is 6. The lowest BCUT2D eigenvalue weighted by atomic mass is 9.86. The third kappa shape index (κ3) is 2.61. The van der Waals surface area contributed by atoms with Crippen molar-refractivity contribution in [1.82, 2.24) is 24.4 Å². The number of likely N-dealkylation sites (tertiary alicyclic amines) is 1. The van der Waals surface area contributed by atoms with Crippen LogP contribution in [0.15, 0.2) is 31.1 Å². The van der Waals surface area contributed by atoms with Gasteiger partial charge in [0.25, 0.3) is 0 Å². The molecule has 4 rings (SSSR count). The molecule has 1 atom stereocenters. The summed E-state index contributed by atoms with van der Waals surface area (Å²) in [5, 5.41) is 0. The van der Waals surface area contributed by atoms with Crippen LogP contribution in [0.4, 0.5) is 5.69 Å². The van der Waals surface area contributed by atoms with E-state index < -0.39 is 0 Å². The van der Waals surface area contributed by atoms with Gasteiger partial charge in [-0.05, 0) is 13.0 Å². The van der Waals surface area contributed by atoms with Crippen LogP contribution in [-0.2, 0) is 18.4 Å². The highest BCUT2D eigenvalue weighted by Gasteiger charge is 2.47. The van der Waals surface area contributed by atoms with E-state index in [2.05, 4.69) is 24.4 Å². The number of carbonyl (C=O) groups is 1. The molecule has 2 aliphatic heterocycles.